The van der Waals surface area contributed by atoms with Crippen LogP contribution in [0.5, 0.6) is 5.75 Å². The van der Waals surface area contributed by atoms with E-state index in [1.807, 2.05) is 29.3 Å². The van der Waals surface area contributed by atoms with Crippen molar-refractivity contribution in [1.29, 1.82) is 0 Å². The molecule has 118 valence electrons. The number of methoxy groups -OCH3 is 1. The Kier molecular flexibility index (Phi) is 3.57. The highest BCUT2D eigenvalue weighted by atomic mass is 16.5. The molecular formula is C17H19N5O. The molecule has 0 saturated carbocycles. The minimum Gasteiger partial charge on any atom is -0.497 e. The minimum absolute atomic E-state index is 0.361. The summed E-state index contributed by atoms with van der Waals surface area (Å²) in [7, 11) is 1.69. The lowest BCUT2D eigenvalue weighted by molar-refractivity contribution is 0.375. The number of rotatable bonds is 3. The molecule has 6 heteroatoms. The van der Waals surface area contributed by atoms with E-state index in [4.69, 9.17) is 4.74 Å². The van der Waals surface area contributed by atoms with Gasteiger partial charge in [-0.15, -0.1) is 0 Å². The Bertz CT molecular complexity index is 802. The number of ether oxygens (including phenoxy) is 1. The third-order valence-corrected chi connectivity index (χ3v) is 4.47. The summed E-state index contributed by atoms with van der Waals surface area (Å²) in [5.41, 5.74) is 2.20. The van der Waals surface area contributed by atoms with Crippen LogP contribution in [0.2, 0.25) is 0 Å². The molecule has 0 bridgehead atoms. The molecule has 1 unspecified atom stereocenters. The second-order valence-corrected chi connectivity index (χ2v) is 5.83. The number of hydrogen-bond donors (Lipinski definition) is 0. The number of pyridine rings is 1. The average Bonchev–Trinajstić information content (AvgIpc) is 3.15. The van der Waals surface area contributed by atoms with Crippen LogP contribution in [0.15, 0.2) is 43.1 Å². The lowest BCUT2D eigenvalue weighted by Gasteiger charge is -2.34. The summed E-state index contributed by atoms with van der Waals surface area (Å²) in [5, 5.41) is 5.43. The van der Waals surface area contributed by atoms with Crippen LogP contribution >= 0.6 is 0 Å². The van der Waals surface area contributed by atoms with Gasteiger partial charge in [-0.2, -0.15) is 5.10 Å². The highest BCUT2D eigenvalue weighted by Gasteiger charge is 2.23. The van der Waals surface area contributed by atoms with Crippen molar-refractivity contribution in [3.8, 4) is 5.75 Å². The second kappa shape index (κ2) is 5.87. The molecule has 6 nitrogen and oxygen atoms in total. The Balaban J connectivity index is 1.70. The van der Waals surface area contributed by atoms with Gasteiger partial charge < -0.3 is 9.64 Å². The summed E-state index contributed by atoms with van der Waals surface area (Å²) in [4.78, 5) is 11.0. The monoisotopic (exact) mass is 309 g/mol. The number of piperidine rings is 1. The number of aromatic nitrogens is 4. The van der Waals surface area contributed by atoms with E-state index in [0.29, 0.717) is 6.04 Å². The Morgan fingerprint density at radius 1 is 1.26 bits per heavy atom. The summed E-state index contributed by atoms with van der Waals surface area (Å²) in [6.07, 6.45) is 7.56. The summed E-state index contributed by atoms with van der Waals surface area (Å²) in [5.74, 6) is 0.858. The third-order valence-electron chi connectivity index (χ3n) is 4.47. The molecule has 1 aliphatic heterocycles. The van der Waals surface area contributed by atoms with Crippen LogP contribution in [0, 0.1) is 0 Å². The van der Waals surface area contributed by atoms with Gasteiger partial charge in [-0.05, 0) is 37.1 Å². The molecule has 1 atom stereocenters. The maximum Gasteiger partial charge on any atom is 0.137 e. The molecule has 0 aliphatic carbocycles. The molecular weight excluding hydrogens is 290 g/mol. The number of anilines is 1. The molecule has 23 heavy (non-hydrogen) atoms. The molecule has 1 saturated heterocycles. The van der Waals surface area contributed by atoms with Gasteiger partial charge in [-0.3, -0.25) is 4.98 Å². The van der Waals surface area contributed by atoms with E-state index in [1.165, 1.54) is 5.69 Å². The van der Waals surface area contributed by atoms with E-state index >= 15 is 0 Å². The Labute approximate surface area is 134 Å². The number of benzene rings is 1. The van der Waals surface area contributed by atoms with Crippen molar-refractivity contribution in [3.05, 3.63) is 43.1 Å². The van der Waals surface area contributed by atoms with E-state index in [9.17, 15) is 0 Å². The van der Waals surface area contributed by atoms with Gasteiger partial charge in [0.1, 0.15) is 18.4 Å². The quantitative estimate of drug-likeness (QED) is 0.744. The van der Waals surface area contributed by atoms with Crippen LogP contribution in [0.4, 0.5) is 5.69 Å². The van der Waals surface area contributed by atoms with Crippen molar-refractivity contribution in [2.75, 3.05) is 25.1 Å². The van der Waals surface area contributed by atoms with Gasteiger partial charge in [0.2, 0.25) is 0 Å². The molecule has 2 aromatic heterocycles. The first-order valence-corrected chi connectivity index (χ1v) is 7.87. The second-order valence-electron chi connectivity index (χ2n) is 5.83. The zero-order chi connectivity index (χ0) is 15.6. The van der Waals surface area contributed by atoms with Crippen LogP contribution in [0.25, 0.3) is 10.9 Å². The van der Waals surface area contributed by atoms with E-state index in [0.717, 1.165) is 42.6 Å². The molecule has 1 fully saturated rings. The Morgan fingerprint density at radius 3 is 3.04 bits per heavy atom. The van der Waals surface area contributed by atoms with E-state index in [-0.39, 0.29) is 0 Å². The van der Waals surface area contributed by atoms with Crippen molar-refractivity contribution >= 4 is 16.6 Å². The molecule has 0 N–H and O–H groups in total. The average molecular weight is 309 g/mol. The predicted octanol–water partition coefficient (Wildman–Crippen LogP) is 2.68. The van der Waals surface area contributed by atoms with Crippen molar-refractivity contribution in [2.45, 2.75) is 18.9 Å². The number of nitrogens with zero attached hydrogens (tertiary/aromatic N) is 5. The Hall–Kier alpha value is -2.63. The Morgan fingerprint density at radius 2 is 2.22 bits per heavy atom. The largest absolute Gasteiger partial charge is 0.497 e. The van der Waals surface area contributed by atoms with Gasteiger partial charge in [0.15, 0.2) is 0 Å². The van der Waals surface area contributed by atoms with Gasteiger partial charge in [0.05, 0.1) is 18.7 Å². The maximum atomic E-state index is 5.38. The lowest BCUT2D eigenvalue weighted by atomic mass is 10.0. The van der Waals surface area contributed by atoms with Crippen molar-refractivity contribution in [3.63, 3.8) is 0 Å². The van der Waals surface area contributed by atoms with Crippen molar-refractivity contribution in [2.24, 2.45) is 0 Å². The van der Waals surface area contributed by atoms with Gasteiger partial charge in [-0.1, -0.05) is 0 Å². The van der Waals surface area contributed by atoms with Crippen LogP contribution in [0.3, 0.4) is 0 Å². The molecule has 1 aromatic carbocycles. The number of fused-ring (bicyclic) bond motifs is 1. The topological polar surface area (TPSA) is 56.1 Å². The minimum atomic E-state index is 0.361. The molecule has 0 radical (unpaired) electrons. The fourth-order valence-electron chi connectivity index (χ4n) is 3.31. The normalized spacial score (nSPS) is 18.3. The SMILES string of the molecule is COc1ccc2nccc(N3CCCC(n4cncn4)C3)c2c1. The van der Waals surface area contributed by atoms with E-state index in [2.05, 4.69) is 32.1 Å². The molecule has 3 heterocycles. The van der Waals surface area contributed by atoms with Gasteiger partial charge in [-0.25, -0.2) is 9.67 Å². The first kappa shape index (κ1) is 14.0. The summed E-state index contributed by atoms with van der Waals surface area (Å²) in [6.45, 7) is 1.97. The van der Waals surface area contributed by atoms with Crippen LogP contribution in [0.1, 0.15) is 18.9 Å². The predicted molar refractivity (Wildman–Crippen MR) is 88.8 cm³/mol. The standard InChI is InChI=1S/C17H19N5O/c1-23-14-4-5-16-15(9-14)17(6-7-19-16)21-8-2-3-13(10-21)22-12-18-11-20-22/h4-7,9,11-13H,2-3,8,10H2,1H3. The molecule has 1 aliphatic rings. The zero-order valence-electron chi connectivity index (χ0n) is 13.1. The molecule has 0 amide bonds. The fourth-order valence-corrected chi connectivity index (χ4v) is 3.31. The molecule has 0 spiro atoms. The van der Waals surface area contributed by atoms with Gasteiger partial charge in [0, 0.05) is 30.4 Å². The van der Waals surface area contributed by atoms with Crippen LogP contribution < -0.4 is 9.64 Å². The van der Waals surface area contributed by atoms with Crippen LogP contribution in [-0.4, -0.2) is 39.9 Å². The summed E-state index contributed by atoms with van der Waals surface area (Å²) >= 11 is 0. The van der Waals surface area contributed by atoms with Gasteiger partial charge in [0.25, 0.3) is 0 Å². The highest BCUT2D eigenvalue weighted by Crippen LogP contribution is 2.32. The summed E-state index contributed by atoms with van der Waals surface area (Å²) < 4.78 is 7.34. The first-order valence-electron chi connectivity index (χ1n) is 7.87. The maximum absolute atomic E-state index is 5.38. The zero-order valence-corrected chi connectivity index (χ0v) is 13.1. The van der Waals surface area contributed by atoms with Crippen molar-refractivity contribution in [1.82, 2.24) is 19.7 Å². The summed E-state index contributed by atoms with van der Waals surface area (Å²) in [6, 6.07) is 8.48. The van der Waals surface area contributed by atoms with E-state index < -0.39 is 0 Å². The number of hydrogen-bond acceptors (Lipinski definition) is 5. The van der Waals surface area contributed by atoms with Gasteiger partial charge >= 0.3 is 0 Å². The molecule has 4 rings (SSSR count). The van der Waals surface area contributed by atoms with E-state index in [1.54, 1.807) is 13.4 Å². The first-order chi connectivity index (χ1) is 11.3. The highest BCUT2D eigenvalue weighted by molar-refractivity contribution is 5.92. The van der Waals surface area contributed by atoms with Crippen molar-refractivity contribution < 1.29 is 4.74 Å². The smallest absolute Gasteiger partial charge is 0.137 e. The third kappa shape index (κ3) is 2.60. The fraction of sp³-hybridized carbons (Fsp3) is 0.353. The lowest BCUT2D eigenvalue weighted by Crippen LogP contribution is -2.36. The molecule has 3 aromatic rings. The van der Waals surface area contributed by atoms with Crippen LogP contribution in [-0.2, 0) is 0 Å².